The second kappa shape index (κ2) is 3.43. The van der Waals surface area contributed by atoms with Crippen molar-refractivity contribution in [2.24, 2.45) is 5.73 Å². The lowest BCUT2D eigenvalue weighted by Crippen LogP contribution is -2.22. The normalized spacial score (nSPS) is 18.9. The van der Waals surface area contributed by atoms with Gasteiger partial charge in [0.1, 0.15) is 5.76 Å². The number of rotatable bonds is 4. The molecular formula is C12H19NO. The molecule has 0 radical (unpaired) electrons. The first-order valence-electron chi connectivity index (χ1n) is 5.46. The third-order valence-corrected chi connectivity index (χ3v) is 3.14. The van der Waals surface area contributed by atoms with Gasteiger partial charge in [-0.1, -0.05) is 13.8 Å². The van der Waals surface area contributed by atoms with Gasteiger partial charge in [0.05, 0.1) is 6.26 Å². The Hall–Kier alpha value is -0.760. The molecule has 14 heavy (non-hydrogen) atoms. The summed E-state index contributed by atoms with van der Waals surface area (Å²) in [4.78, 5) is 0. The van der Waals surface area contributed by atoms with E-state index in [0.29, 0.717) is 5.92 Å². The highest BCUT2D eigenvalue weighted by Gasteiger charge is 2.37. The predicted octanol–water partition coefficient (Wildman–Crippen LogP) is 2.83. The Kier molecular flexibility index (Phi) is 2.40. The zero-order chi connectivity index (χ0) is 10.2. The summed E-state index contributed by atoms with van der Waals surface area (Å²) < 4.78 is 5.49. The van der Waals surface area contributed by atoms with Gasteiger partial charge in [-0.25, -0.2) is 0 Å². The van der Waals surface area contributed by atoms with Crippen molar-refractivity contribution < 1.29 is 4.42 Å². The van der Waals surface area contributed by atoms with Gasteiger partial charge in [0, 0.05) is 12.0 Å². The van der Waals surface area contributed by atoms with Crippen LogP contribution in [-0.4, -0.2) is 5.54 Å². The van der Waals surface area contributed by atoms with Gasteiger partial charge >= 0.3 is 0 Å². The topological polar surface area (TPSA) is 39.2 Å². The minimum Gasteiger partial charge on any atom is -0.469 e. The molecule has 1 heterocycles. The zero-order valence-corrected chi connectivity index (χ0v) is 9.05. The van der Waals surface area contributed by atoms with Crippen LogP contribution >= 0.6 is 0 Å². The Labute approximate surface area is 85.5 Å². The third kappa shape index (κ3) is 2.01. The lowest BCUT2D eigenvalue weighted by Gasteiger charge is -2.09. The average molecular weight is 193 g/mol. The lowest BCUT2D eigenvalue weighted by molar-refractivity contribution is 0.474. The van der Waals surface area contributed by atoms with E-state index in [1.807, 2.05) is 0 Å². The molecule has 0 spiro atoms. The van der Waals surface area contributed by atoms with Gasteiger partial charge < -0.3 is 10.2 Å². The van der Waals surface area contributed by atoms with E-state index in [-0.39, 0.29) is 5.54 Å². The number of hydrogen-bond donors (Lipinski definition) is 1. The molecule has 1 aliphatic carbocycles. The van der Waals surface area contributed by atoms with Crippen LogP contribution in [0.25, 0.3) is 0 Å². The Balaban J connectivity index is 1.98. The maximum Gasteiger partial charge on any atom is 0.107 e. The molecule has 2 nitrogen and oxygen atoms in total. The van der Waals surface area contributed by atoms with Gasteiger partial charge in [0.25, 0.3) is 0 Å². The molecule has 0 bridgehead atoms. The fraction of sp³-hybridized carbons (Fsp3) is 0.667. The lowest BCUT2D eigenvalue weighted by atomic mass is 10.00. The second-order valence-electron chi connectivity index (χ2n) is 4.82. The van der Waals surface area contributed by atoms with Gasteiger partial charge in [0.2, 0.25) is 0 Å². The highest BCUT2D eigenvalue weighted by atomic mass is 16.3. The van der Waals surface area contributed by atoms with Crippen LogP contribution in [0.4, 0.5) is 0 Å². The molecule has 2 N–H and O–H groups in total. The fourth-order valence-electron chi connectivity index (χ4n) is 1.84. The van der Waals surface area contributed by atoms with Crippen molar-refractivity contribution in [2.45, 2.75) is 51.0 Å². The number of hydrogen-bond acceptors (Lipinski definition) is 2. The molecule has 1 aromatic heterocycles. The molecule has 0 aliphatic heterocycles. The minimum absolute atomic E-state index is 0.140. The molecule has 1 fully saturated rings. The first-order chi connectivity index (χ1) is 6.61. The van der Waals surface area contributed by atoms with E-state index in [2.05, 4.69) is 19.9 Å². The third-order valence-electron chi connectivity index (χ3n) is 3.14. The van der Waals surface area contributed by atoms with Gasteiger partial charge in [-0.15, -0.1) is 0 Å². The molecule has 0 atom stereocenters. The van der Waals surface area contributed by atoms with Crippen molar-refractivity contribution in [1.82, 2.24) is 0 Å². The first kappa shape index (κ1) is 9.78. The largest absolute Gasteiger partial charge is 0.469 e. The molecule has 1 aromatic rings. The Morgan fingerprint density at radius 1 is 1.50 bits per heavy atom. The standard InChI is InChI=1S/C12H19NO/c1-9(2)10-4-8-14-11(10)3-5-12(13)6-7-12/h4,8-9H,3,5-7,13H2,1-2H3. The molecule has 0 saturated heterocycles. The van der Waals surface area contributed by atoms with Gasteiger partial charge in [-0.3, -0.25) is 0 Å². The molecule has 2 heteroatoms. The molecule has 1 saturated carbocycles. The average Bonchev–Trinajstić information content (AvgIpc) is 2.68. The van der Waals surface area contributed by atoms with Crippen LogP contribution in [-0.2, 0) is 6.42 Å². The van der Waals surface area contributed by atoms with E-state index >= 15 is 0 Å². The van der Waals surface area contributed by atoms with Gasteiger partial charge in [0.15, 0.2) is 0 Å². The highest BCUT2D eigenvalue weighted by molar-refractivity contribution is 5.21. The molecular weight excluding hydrogens is 174 g/mol. The first-order valence-corrected chi connectivity index (χ1v) is 5.46. The predicted molar refractivity (Wildman–Crippen MR) is 57.3 cm³/mol. The SMILES string of the molecule is CC(C)c1ccoc1CCC1(N)CC1. The number of furan rings is 1. The summed E-state index contributed by atoms with van der Waals surface area (Å²) in [6.07, 6.45) is 6.23. The number of aryl methyl sites for hydroxylation is 1. The quantitative estimate of drug-likeness (QED) is 0.798. The molecule has 0 unspecified atom stereocenters. The summed E-state index contributed by atoms with van der Waals surface area (Å²) in [6.45, 7) is 4.40. The van der Waals surface area contributed by atoms with E-state index < -0.39 is 0 Å². The summed E-state index contributed by atoms with van der Waals surface area (Å²) in [5.74, 6) is 1.69. The molecule has 1 aliphatic rings. The smallest absolute Gasteiger partial charge is 0.107 e. The highest BCUT2D eigenvalue weighted by Crippen LogP contribution is 2.37. The maximum atomic E-state index is 6.05. The van der Waals surface area contributed by atoms with Crippen molar-refractivity contribution in [3.8, 4) is 0 Å². The Morgan fingerprint density at radius 2 is 2.21 bits per heavy atom. The van der Waals surface area contributed by atoms with E-state index in [1.165, 1.54) is 18.4 Å². The molecule has 78 valence electrons. The van der Waals surface area contributed by atoms with Crippen LogP contribution in [0.1, 0.15) is 50.4 Å². The second-order valence-corrected chi connectivity index (χ2v) is 4.82. The van der Waals surface area contributed by atoms with Crippen LogP contribution in [0.5, 0.6) is 0 Å². The fourth-order valence-corrected chi connectivity index (χ4v) is 1.84. The minimum atomic E-state index is 0.140. The zero-order valence-electron chi connectivity index (χ0n) is 9.05. The van der Waals surface area contributed by atoms with Crippen LogP contribution in [0.2, 0.25) is 0 Å². The van der Waals surface area contributed by atoms with Crippen molar-refractivity contribution in [1.29, 1.82) is 0 Å². The maximum absolute atomic E-state index is 6.05. The van der Waals surface area contributed by atoms with E-state index in [9.17, 15) is 0 Å². The van der Waals surface area contributed by atoms with Crippen LogP contribution in [0.15, 0.2) is 16.7 Å². The van der Waals surface area contributed by atoms with E-state index in [1.54, 1.807) is 6.26 Å². The monoisotopic (exact) mass is 193 g/mol. The molecule has 0 amide bonds. The van der Waals surface area contributed by atoms with Crippen LogP contribution in [0.3, 0.4) is 0 Å². The molecule has 2 rings (SSSR count). The summed E-state index contributed by atoms with van der Waals surface area (Å²) >= 11 is 0. The summed E-state index contributed by atoms with van der Waals surface area (Å²) in [5, 5.41) is 0. The van der Waals surface area contributed by atoms with Gasteiger partial charge in [-0.2, -0.15) is 0 Å². The molecule has 0 aromatic carbocycles. The van der Waals surface area contributed by atoms with E-state index in [4.69, 9.17) is 10.2 Å². The van der Waals surface area contributed by atoms with Crippen molar-refractivity contribution in [3.05, 3.63) is 23.7 Å². The number of nitrogens with two attached hydrogens (primary N) is 1. The van der Waals surface area contributed by atoms with Crippen molar-refractivity contribution >= 4 is 0 Å². The van der Waals surface area contributed by atoms with Gasteiger partial charge in [-0.05, 0) is 36.8 Å². The van der Waals surface area contributed by atoms with Crippen LogP contribution < -0.4 is 5.73 Å². The van der Waals surface area contributed by atoms with Crippen LogP contribution in [0, 0.1) is 0 Å². The van der Waals surface area contributed by atoms with Crippen molar-refractivity contribution in [3.63, 3.8) is 0 Å². The Bertz CT molecular complexity index is 310. The summed E-state index contributed by atoms with van der Waals surface area (Å²) in [6, 6.07) is 2.08. The van der Waals surface area contributed by atoms with Crippen molar-refractivity contribution in [2.75, 3.05) is 0 Å². The summed E-state index contributed by atoms with van der Waals surface area (Å²) in [7, 11) is 0. The van der Waals surface area contributed by atoms with E-state index in [0.717, 1.165) is 18.6 Å². The Morgan fingerprint density at radius 3 is 2.79 bits per heavy atom. The summed E-state index contributed by atoms with van der Waals surface area (Å²) in [5.41, 5.74) is 7.53.